The molecule has 5 heteroatoms. The summed E-state index contributed by atoms with van der Waals surface area (Å²) in [6.45, 7) is 2.38. The zero-order chi connectivity index (χ0) is 15.6. The van der Waals surface area contributed by atoms with Crippen LogP contribution in [0.1, 0.15) is 17.2 Å². The lowest BCUT2D eigenvalue weighted by Gasteiger charge is -2.46. The van der Waals surface area contributed by atoms with E-state index in [9.17, 15) is 4.39 Å². The Hall–Kier alpha value is -1.58. The first-order valence-corrected chi connectivity index (χ1v) is 7.71. The summed E-state index contributed by atoms with van der Waals surface area (Å²) in [7, 11) is 4.41. The van der Waals surface area contributed by atoms with E-state index in [2.05, 4.69) is 44.9 Å². The quantitative estimate of drug-likeness (QED) is 0.792. The Bertz CT molecular complexity index is 618. The topological polar surface area (TPSA) is 12.5 Å². The van der Waals surface area contributed by atoms with E-state index >= 15 is 0 Å². The minimum absolute atomic E-state index is 0.00247. The number of halogens is 1. The maximum absolute atomic E-state index is 13.1. The molecule has 1 aliphatic rings. The normalized spacial score (nSPS) is 21.6. The predicted octanol–water partition coefficient (Wildman–Crippen LogP) is 1.32. The Morgan fingerprint density at radius 1 is 1.09 bits per heavy atom. The van der Waals surface area contributed by atoms with Gasteiger partial charge in [-0.2, -0.15) is 0 Å². The van der Waals surface area contributed by atoms with Gasteiger partial charge in [0, 0.05) is 13.1 Å². The molecule has 22 heavy (non-hydrogen) atoms. The monoisotopic (exact) mass is 295 g/mol. The third kappa shape index (κ3) is 3.42. The van der Waals surface area contributed by atoms with Gasteiger partial charge in [-0.25, -0.2) is 4.39 Å². The van der Waals surface area contributed by atoms with Gasteiger partial charge < -0.3 is 9.64 Å². The fourth-order valence-electron chi connectivity index (χ4n) is 2.86. The van der Waals surface area contributed by atoms with Crippen LogP contribution in [0.3, 0.4) is 0 Å². The maximum Gasteiger partial charge on any atom is 0.123 e. The fraction of sp³-hybridized carbons (Fsp3) is 0.294. The number of morpholine rings is 1. The Labute approximate surface area is 133 Å². The van der Waals surface area contributed by atoms with Gasteiger partial charge in [-0.05, 0) is 28.6 Å². The SMILES string of the molecule is BC1(B)COC(c2ccc(F)cc2)CN1Cc1ccccc1. The van der Waals surface area contributed by atoms with Crippen molar-refractivity contribution in [2.45, 2.75) is 18.0 Å². The van der Waals surface area contributed by atoms with Crippen LogP contribution < -0.4 is 0 Å². The molecule has 0 aliphatic carbocycles. The summed E-state index contributed by atoms with van der Waals surface area (Å²) in [4.78, 5) is 2.44. The molecule has 2 aromatic carbocycles. The first kappa shape index (κ1) is 15.3. The highest BCUT2D eigenvalue weighted by molar-refractivity contribution is 6.40. The van der Waals surface area contributed by atoms with Gasteiger partial charge in [0.15, 0.2) is 0 Å². The van der Waals surface area contributed by atoms with Gasteiger partial charge in [-0.15, -0.1) is 0 Å². The molecule has 2 aromatic rings. The van der Waals surface area contributed by atoms with Crippen molar-refractivity contribution in [1.82, 2.24) is 4.90 Å². The van der Waals surface area contributed by atoms with Gasteiger partial charge >= 0.3 is 0 Å². The molecule has 1 saturated heterocycles. The minimum Gasteiger partial charge on any atom is -0.372 e. The molecule has 1 fully saturated rings. The maximum atomic E-state index is 13.1. The van der Waals surface area contributed by atoms with Crippen LogP contribution in [0.4, 0.5) is 4.39 Å². The average molecular weight is 295 g/mol. The average Bonchev–Trinajstić information content (AvgIpc) is 2.51. The van der Waals surface area contributed by atoms with Crippen molar-refractivity contribution in [3.8, 4) is 0 Å². The van der Waals surface area contributed by atoms with Crippen molar-refractivity contribution < 1.29 is 9.13 Å². The standard InChI is InChI=1S/C17H20B2FNO/c18-17(19)12-22-16(14-6-8-15(20)9-7-14)11-21(17)10-13-4-2-1-3-5-13/h1-9,16H,10-12,18-19H2. The second kappa shape index (κ2) is 6.27. The number of hydrogen-bond acceptors (Lipinski definition) is 2. The molecule has 0 N–H and O–H groups in total. The van der Waals surface area contributed by atoms with E-state index in [4.69, 9.17) is 4.74 Å². The fourth-order valence-corrected chi connectivity index (χ4v) is 2.86. The summed E-state index contributed by atoms with van der Waals surface area (Å²) in [5.41, 5.74) is 2.34. The lowest BCUT2D eigenvalue weighted by molar-refractivity contribution is -0.0593. The molecule has 112 valence electrons. The van der Waals surface area contributed by atoms with E-state index < -0.39 is 0 Å². The molecule has 1 heterocycles. The van der Waals surface area contributed by atoms with Crippen LogP contribution in [0.25, 0.3) is 0 Å². The Kier molecular flexibility index (Phi) is 4.37. The summed E-state index contributed by atoms with van der Waals surface area (Å²) in [5, 5.41) is -0.00757. The molecule has 1 atom stereocenters. The van der Waals surface area contributed by atoms with Gasteiger partial charge in [0.25, 0.3) is 0 Å². The molecule has 0 bridgehead atoms. The summed E-state index contributed by atoms with van der Waals surface area (Å²) < 4.78 is 19.1. The third-order valence-corrected chi connectivity index (χ3v) is 4.34. The molecule has 1 aliphatic heterocycles. The van der Waals surface area contributed by atoms with E-state index in [-0.39, 0.29) is 17.3 Å². The van der Waals surface area contributed by atoms with Gasteiger partial charge in [-0.3, -0.25) is 0 Å². The van der Waals surface area contributed by atoms with Crippen molar-refractivity contribution >= 4 is 15.7 Å². The van der Waals surface area contributed by atoms with Crippen LogP contribution >= 0.6 is 0 Å². The third-order valence-electron chi connectivity index (χ3n) is 4.34. The number of rotatable bonds is 3. The lowest BCUT2D eigenvalue weighted by Crippen LogP contribution is -2.58. The second-order valence-electron chi connectivity index (χ2n) is 6.53. The highest BCUT2D eigenvalue weighted by Gasteiger charge is 2.35. The first-order chi connectivity index (χ1) is 10.5. The molecule has 0 aromatic heterocycles. The van der Waals surface area contributed by atoms with Gasteiger partial charge in [-0.1, -0.05) is 42.5 Å². The number of benzene rings is 2. The van der Waals surface area contributed by atoms with Crippen molar-refractivity contribution in [3.63, 3.8) is 0 Å². The number of hydrogen-bond donors (Lipinski definition) is 0. The summed E-state index contributed by atoms with van der Waals surface area (Å²) in [6.07, 6.45) is -0.00247. The summed E-state index contributed by atoms with van der Waals surface area (Å²) in [6, 6.07) is 17.1. The molecule has 1 unspecified atom stereocenters. The number of ether oxygens (including phenoxy) is 1. The Morgan fingerprint density at radius 3 is 2.45 bits per heavy atom. The van der Waals surface area contributed by atoms with E-state index in [0.29, 0.717) is 6.61 Å². The van der Waals surface area contributed by atoms with Crippen molar-refractivity contribution in [1.29, 1.82) is 0 Å². The van der Waals surface area contributed by atoms with Crippen molar-refractivity contribution in [2.24, 2.45) is 0 Å². The predicted molar refractivity (Wildman–Crippen MR) is 91.8 cm³/mol. The van der Waals surface area contributed by atoms with E-state index in [0.717, 1.165) is 18.7 Å². The van der Waals surface area contributed by atoms with Gasteiger partial charge in [0.2, 0.25) is 0 Å². The molecule has 0 saturated carbocycles. The van der Waals surface area contributed by atoms with Crippen LogP contribution in [-0.4, -0.2) is 39.1 Å². The zero-order valence-electron chi connectivity index (χ0n) is 13.1. The molecule has 3 rings (SSSR count). The number of nitrogens with zero attached hydrogens (tertiary/aromatic N) is 1. The van der Waals surface area contributed by atoms with E-state index in [1.807, 2.05) is 18.2 Å². The van der Waals surface area contributed by atoms with Gasteiger partial charge in [0.1, 0.15) is 21.5 Å². The summed E-state index contributed by atoms with van der Waals surface area (Å²) in [5.74, 6) is -0.207. The Morgan fingerprint density at radius 2 is 1.77 bits per heavy atom. The minimum atomic E-state index is -0.207. The highest BCUT2D eigenvalue weighted by atomic mass is 19.1. The van der Waals surface area contributed by atoms with Crippen molar-refractivity contribution in [2.75, 3.05) is 13.2 Å². The van der Waals surface area contributed by atoms with Crippen LogP contribution in [0.2, 0.25) is 0 Å². The second-order valence-corrected chi connectivity index (χ2v) is 6.53. The van der Waals surface area contributed by atoms with Gasteiger partial charge in [0.05, 0.1) is 12.7 Å². The highest BCUT2D eigenvalue weighted by Crippen LogP contribution is 2.29. The molecule has 0 spiro atoms. The zero-order valence-corrected chi connectivity index (χ0v) is 13.1. The van der Waals surface area contributed by atoms with Crippen molar-refractivity contribution in [3.05, 3.63) is 71.5 Å². The first-order valence-electron chi connectivity index (χ1n) is 7.71. The van der Waals surface area contributed by atoms with Crippen LogP contribution in [0.15, 0.2) is 54.6 Å². The largest absolute Gasteiger partial charge is 0.372 e. The van der Waals surface area contributed by atoms with Crippen LogP contribution in [0.5, 0.6) is 0 Å². The Balaban J connectivity index is 1.76. The molecule has 0 amide bonds. The smallest absolute Gasteiger partial charge is 0.123 e. The molecular formula is C17H20B2FNO. The van der Waals surface area contributed by atoms with E-state index in [1.54, 1.807) is 0 Å². The van der Waals surface area contributed by atoms with Crippen LogP contribution in [0, 0.1) is 5.82 Å². The lowest BCUT2D eigenvalue weighted by atomic mass is 9.60. The molecule has 2 nitrogen and oxygen atoms in total. The van der Waals surface area contributed by atoms with Crippen LogP contribution in [-0.2, 0) is 11.3 Å². The molecular weight excluding hydrogens is 275 g/mol. The molecule has 0 radical (unpaired) electrons. The summed E-state index contributed by atoms with van der Waals surface area (Å²) >= 11 is 0. The van der Waals surface area contributed by atoms with E-state index in [1.165, 1.54) is 17.7 Å².